The number of hydrogen-bond acceptors (Lipinski definition) is 4. The van der Waals surface area contributed by atoms with Crippen molar-refractivity contribution in [1.29, 1.82) is 0 Å². The average Bonchev–Trinajstić information content (AvgIpc) is 2.95. The van der Waals surface area contributed by atoms with E-state index in [1.54, 1.807) is 19.1 Å². The van der Waals surface area contributed by atoms with Gasteiger partial charge in [-0.3, -0.25) is 20.4 Å². The molecule has 134 valence electrons. The summed E-state index contributed by atoms with van der Waals surface area (Å²) >= 11 is 9.26. The van der Waals surface area contributed by atoms with Gasteiger partial charge in [0, 0.05) is 20.4 Å². The SMILES string of the molecule is COc1cc(Cl)ccc1C(=O)NNC(=O)c1oc2ccc(Br)cc2c1C. The molecule has 0 unspecified atom stereocenters. The largest absolute Gasteiger partial charge is 0.496 e. The van der Waals surface area contributed by atoms with Crippen molar-refractivity contribution in [1.82, 2.24) is 10.9 Å². The van der Waals surface area contributed by atoms with Crippen molar-refractivity contribution < 1.29 is 18.7 Å². The van der Waals surface area contributed by atoms with Crippen molar-refractivity contribution in [3.63, 3.8) is 0 Å². The number of carbonyl (C=O) groups is 2. The number of hydrazine groups is 1. The molecule has 0 aliphatic rings. The summed E-state index contributed by atoms with van der Waals surface area (Å²) in [5, 5.41) is 1.25. The highest BCUT2D eigenvalue weighted by Crippen LogP contribution is 2.28. The number of rotatable bonds is 3. The zero-order valence-corrected chi connectivity index (χ0v) is 16.2. The fraction of sp³-hybridized carbons (Fsp3) is 0.111. The van der Waals surface area contributed by atoms with Crippen LogP contribution in [0.4, 0.5) is 0 Å². The van der Waals surface area contributed by atoms with Crippen LogP contribution in [-0.4, -0.2) is 18.9 Å². The lowest BCUT2D eigenvalue weighted by atomic mass is 10.1. The molecule has 1 heterocycles. The summed E-state index contributed by atoms with van der Waals surface area (Å²) in [6.07, 6.45) is 0. The van der Waals surface area contributed by atoms with E-state index in [9.17, 15) is 9.59 Å². The monoisotopic (exact) mass is 436 g/mol. The predicted molar refractivity (Wildman–Crippen MR) is 102 cm³/mol. The number of benzene rings is 2. The van der Waals surface area contributed by atoms with Gasteiger partial charge in [-0.1, -0.05) is 27.5 Å². The number of aryl methyl sites for hydroxylation is 1. The van der Waals surface area contributed by atoms with Crippen LogP contribution in [0.1, 0.15) is 26.5 Å². The van der Waals surface area contributed by atoms with Crippen LogP contribution < -0.4 is 15.6 Å². The van der Waals surface area contributed by atoms with Gasteiger partial charge in [0.1, 0.15) is 11.3 Å². The summed E-state index contributed by atoms with van der Waals surface area (Å²) in [6, 6.07) is 10.0. The Hall–Kier alpha value is -2.51. The summed E-state index contributed by atoms with van der Waals surface area (Å²) in [6.45, 7) is 1.78. The minimum absolute atomic E-state index is 0.126. The Morgan fingerprint density at radius 1 is 1.12 bits per heavy atom. The molecule has 1 aromatic heterocycles. The number of amides is 2. The van der Waals surface area contributed by atoms with Crippen molar-refractivity contribution in [3.05, 3.63) is 62.8 Å². The van der Waals surface area contributed by atoms with Crippen LogP contribution in [0.3, 0.4) is 0 Å². The smallest absolute Gasteiger partial charge is 0.305 e. The second-order valence-electron chi connectivity index (χ2n) is 5.45. The van der Waals surface area contributed by atoms with Gasteiger partial charge in [-0.2, -0.15) is 0 Å². The van der Waals surface area contributed by atoms with Crippen molar-refractivity contribution in [2.75, 3.05) is 7.11 Å². The molecular weight excluding hydrogens is 424 g/mol. The van der Waals surface area contributed by atoms with Crippen LogP contribution in [0, 0.1) is 6.92 Å². The van der Waals surface area contributed by atoms with Crippen LogP contribution in [0.2, 0.25) is 5.02 Å². The van der Waals surface area contributed by atoms with Gasteiger partial charge < -0.3 is 9.15 Å². The molecule has 0 radical (unpaired) electrons. The molecule has 0 bridgehead atoms. The quantitative estimate of drug-likeness (QED) is 0.601. The molecule has 3 aromatic rings. The third kappa shape index (κ3) is 3.54. The Labute approximate surface area is 162 Å². The van der Waals surface area contributed by atoms with Crippen molar-refractivity contribution in [2.24, 2.45) is 0 Å². The number of carbonyl (C=O) groups excluding carboxylic acids is 2. The predicted octanol–water partition coefficient (Wildman–Crippen LogP) is 4.24. The third-order valence-corrected chi connectivity index (χ3v) is 4.53. The molecule has 0 saturated heterocycles. The highest BCUT2D eigenvalue weighted by molar-refractivity contribution is 9.10. The van der Waals surface area contributed by atoms with Gasteiger partial charge in [0.2, 0.25) is 0 Å². The Bertz CT molecular complexity index is 1020. The van der Waals surface area contributed by atoms with Gasteiger partial charge in [-0.05, 0) is 43.3 Å². The van der Waals surface area contributed by atoms with Gasteiger partial charge in [-0.15, -0.1) is 0 Å². The Morgan fingerprint density at radius 3 is 2.58 bits per heavy atom. The summed E-state index contributed by atoms with van der Waals surface area (Å²) in [4.78, 5) is 24.7. The molecule has 26 heavy (non-hydrogen) atoms. The number of ether oxygens (including phenoxy) is 1. The van der Waals surface area contributed by atoms with E-state index in [1.165, 1.54) is 19.2 Å². The maximum absolute atomic E-state index is 12.4. The number of halogens is 2. The van der Waals surface area contributed by atoms with Crippen molar-refractivity contribution >= 4 is 50.3 Å². The fourth-order valence-electron chi connectivity index (χ4n) is 2.50. The first-order valence-electron chi connectivity index (χ1n) is 7.53. The molecule has 2 aromatic carbocycles. The third-order valence-electron chi connectivity index (χ3n) is 3.80. The topological polar surface area (TPSA) is 80.6 Å². The fourth-order valence-corrected chi connectivity index (χ4v) is 3.02. The lowest BCUT2D eigenvalue weighted by molar-refractivity contribution is 0.0830. The average molecular weight is 438 g/mol. The number of methoxy groups -OCH3 is 1. The summed E-state index contributed by atoms with van der Waals surface area (Å²) in [5.74, 6) is -0.671. The van der Waals surface area contributed by atoms with E-state index in [-0.39, 0.29) is 11.3 Å². The van der Waals surface area contributed by atoms with Gasteiger partial charge in [0.05, 0.1) is 12.7 Å². The van der Waals surface area contributed by atoms with Gasteiger partial charge in [0.15, 0.2) is 5.76 Å². The second kappa shape index (κ2) is 7.39. The van der Waals surface area contributed by atoms with E-state index in [0.29, 0.717) is 21.9 Å². The van der Waals surface area contributed by atoms with Crippen LogP contribution in [0.5, 0.6) is 5.75 Å². The van der Waals surface area contributed by atoms with E-state index in [4.69, 9.17) is 20.8 Å². The molecule has 2 N–H and O–H groups in total. The lowest BCUT2D eigenvalue weighted by Gasteiger charge is -2.10. The lowest BCUT2D eigenvalue weighted by Crippen LogP contribution is -2.41. The zero-order chi connectivity index (χ0) is 18.8. The number of nitrogens with one attached hydrogen (secondary N) is 2. The van der Waals surface area contributed by atoms with Crippen LogP contribution in [0.25, 0.3) is 11.0 Å². The molecular formula is C18H14BrClN2O4. The van der Waals surface area contributed by atoms with E-state index in [2.05, 4.69) is 26.8 Å². The van der Waals surface area contributed by atoms with Gasteiger partial charge in [0.25, 0.3) is 5.91 Å². The maximum Gasteiger partial charge on any atom is 0.305 e. The maximum atomic E-state index is 12.4. The number of furan rings is 1. The normalized spacial score (nSPS) is 10.6. The molecule has 0 spiro atoms. The highest BCUT2D eigenvalue weighted by atomic mass is 79.9. The summed E-state index contributed by atoms with van der Waals surface area (Å²) in [5.41, 5.74) is 6.19. The minimum Gasteiger partial charge on any atom is -0.496 e. The molecule has 0 saturated carbocycles. The summed E-state index contributed by atoms with van der Waals surface area (Å²) < 4.78 is 11.6. The van der Waals surface area contributed by atoms with E-state index in [1.807, 2.05) is 12.1 Å². The molecule has 0 fully saturated rings. The van der Waals surface area contributed by atoms with E-state index >= 15 is 0 Å². The van der Waals surface area contributed by atoms with Gasteiger partial charge in [-0.25, -0.2) is 0 Å². The van der Waals surface area contributed by atoms with Crippen molar-refractivity contribution in [3.8, 4) is 5.75 Å². The number of hydrogen-bond donors (Lipinski definition) is 2. The first-order chi connectivity index (χ1) is 12.4. The Morgan fingerprint density at radius 2 is 1.85 bits per heavy atom. The van der Waals surface area contributed by atoms with Crippen LogP contribution in [0.15, 0.2) is 45.3 Å². The first kappa shape index (κ1) is 18.3. The highest BCUT2D eigenvalue weighted by Gasteiger charge is 2.19. The van der Waals surface area contributed by atoms with Gasteiger partial charge >= 0.3 is 5.91 Å². The van der Waals surface area contributed by atoms with Crippen LogP contribution >= 0.6 is 27.5 Å². The minimum atomic E-state index is -0.559. The Kier molecular flexibility index (Phi) is 5.20. The van der Waals surface area contributed by atoms with Crippen LogP contribution in [-0.2, 0) is 0 Å². The molecule has 0 aliphatic carbocycles. The second-order valence-corrected chi connectivity index (χ2v) is 6.80. The molecule has 6 nitrogen and oxygen atoms in total. The first-order valence-corrected chi connectivity index (χ1v) is 8.70. The van der Waals surface area contributed by atoms with Crippen molar-refractivity contribution in [2.45, 2.75) is 6.92 Å². The zero-order valence-electron chi connectivity index (χ0n) is 13.9. The molecule has 3 rings (SSSR count). The molecule has 0 aliphatic heterocycles. The standard InChI is InChI=1S/C18H14BrClN2O4/c1-9-13-7-10(19)3-6-14(13)26-16(9)18(24)22-21-17(23)12-5-4-11(20)8-15(12)25-2/h3-8H,1-2H3,(H,21,23)(H,22,24). The molecule has 0 atom stereocenters. The van der Waals surface area contributed by atoms with E-state index in [0.717, 1.165) is 9.86 Å². The molecule has 8 heteroatoms. The van der Waals surface area contributed by atoms with E-state index < -0.39 is 11.8 Å². The molecule has 2 amide bonds. The number of fused-ring (bicyclic) bond motifs is 1. The summed E-state index contributed by atoms with van der Waals surface area (Å²) in [7, 11) is 1.43. The Balaban J connectivity index is 1.77.